The van der Waals surface area contributed by atoms with Crippen molar-refractivity contribution < 1.29 is 0 Å². The lowest BCUT2D eigenvalue weighted by Crippen LogP contribution is -2.43. The summed E-state index contributed by atoms with van der Waals surface area (Å²) in [6.45, 7) is 0. The Bertz CT molecular complexity index is 1950. The van der Waals surface area contributed by atoms with Crippen molar-refractivity contribution in [3.8, 4) is 22.3 Å². The van der Waals surface area contributed by atoms with Gasteiger partial charge in [0.05, 0.1) is 10.8 Å². The average Bonchev–Trinajstić information content (AvgIpc) is 3.49. The van der Waals surface area contributed by atoms with Crippen LogP contribution in [0.15, 0.2) is 140 Å². The molecule has 0 saturated heterocycles. The van der Waals surface area contributed by atoms with Crippen molar-refractivity contribution in [2.45, 2.75) is 10.8 Å². The smallest absolute Gasteiger partial charge is 0.0720 e. The summed E-state index contributed by atoms with van der Waals surface area (Å²) >= 11 is 0. The number of anilines is 1. The monoisotopic (exact) mass is 523 g/mol. The number of hydrogen-bond acceptors (Lipinski definition) is 1. The largest absolute Gasteiger partial charge is 0.377 e. The summed E-state index contributed by atoms with van der Waals surface area (Å²) in [7, 11) is 4.32. The first-order chi connectivity index (χ1) is 20.2. The molecule has 9 rings (SSSR count). The molecule has 6 aromatic rings. The molecule has 3 aliphatic carbocycles. The summed E-state index contributed by atoms with van der Waals surface area (Å²) in [5.74, 6) is 0. The quantitative estimate of drug-likeness (QED) is 0.208. The van der Waals surface area contributed by atoms with E-state index in [0.717, 1.165) is 0 Å². The molecule has 0 heterocycles. The van der Waals surface area contributed by atoms with Gasteiger partial charge < -0.3 is 4.90 Å². The van der Waals surface area contributed by atoms with Crippen LogP contribution in [0.4, 0.5) is 5.69 Å². The van der Waals surface area contributed by atoms with Gasteiger partial charge in [-0.2, -0.15) is 0 Å². The summed E-state index contributed by atoms with van der Waals surface area (Å²) in [6, 6.07) is 52.7. The van der Waals surface area contributed by atoms with Gasteiger partial charge in [0, 0.05) is 25.3 Å². The van der Waals surface area contributed by atoms with Crippen molar-refractivity contribution in [2.75, 3.05) is 19.0 Å². The van der Waals surface area contributed by atoms with Crippen molar-refractivity contribution in [1.29, 1.82) is 0 Å². The zero-order valence-electron chi connectivity index (χ0n) is 23.2. The highest BCUT2D eigenvalue weighted by molar-refractivity contribution is 5.97. The number of benzene rings is 6. The van der Waals surface area contributed by atoms with Crippen molar-refractivity contribution in [1.82, 2.24) is 0 Å². The van der Waals surface area contributed by atoms with E-state index in [0.29, 0.717) is 0 Å². The minimum absolute atomic E-state index is 0.386. The van der Waals surface area contributed by atoms with Gasteiger partial charge in [-0.1, -0.05) is 133 Å². The van der Waals surface area contributed by atoms with Crippen molar-refractivity contribution in [2.24, 2.45) is 0 Å². The van der Waals surface area contributed by atoms with Crippen LogP contribution in [0.2, 0.25) is 0 Å². The molecule has 3 aliphatic rings. The lowest BCUT2D eigenvalue weighted by Gasteiger charge is -2.48. The molecule has 0 fully saturated rings. The average molecular weight is 524 g/mol. The molecule has 6 aromatic carbocycles. The van der Waals surface area contributed by atoms with E-state index in [2.05, 4.69) is 159 Å². The van der Waals surface area contributed by atoms with Gasteiger partial charge in [0.15, 0.2) is 0 Å². The normalized spacial score (nSPS) is 15.5. The Morgan fingerprint density at radius 1 is 0.341 bits per heavy atom. The van der Waals surface area contributed by atoms with Gasteiger partial charge in [0.2, 0.25) is 0 Å². The Morgan fingerprint density at radius 2 is 0.683 bits per heavy atom. The molecular weight excluding hydrogens is 494 g/mol. The third-order valence-electron chi connectivity index (χ3n) is 9.95. The Hall–Kier alpha value is -4.88. The van der Waals surface area contributed by atoms with E-state index in [1.165, 1.54) is 72.4 Å². The fourth-order valence-corrected chi connectivity index (χ4v) is 8.64. The first-order valence-electron chi connectivity index (χ1n) is 14.5. The Morgan fingerprint density at radius 3 is 1.15 bits per heavy atom. The van der Waals surface area contributed by atoms with E-state index in [1.807, 2.05) is 0 Å². The van der Waals surface area contributed by atoms with Gasteiger partial charge >= 0.3 is 0 Å². The molecule has 0 unspecified atom stereocenters. The molecular formula is C40H29N. The van der Waals surface area contributed by atoms with Crippen LogP contribution in [0.1, 0.15) is 44.5 Å². The maximum Gasteiger partial charge on any atom is 0.0720 e. The van der Waals surface area contributed by atoms with E-state index in [-0.39, 0.29) is 5.41 Å². The van der Waals surface area contributed by atoms with Crippen molar-refractivity contribution in [3.63, 3.8) is 0 Å². The van der Waals surface area contributed by atoms with Crippen LogP contribution in [0.5, 0.6) is 0 Å². The van der Waals surface area contributed by atoms with Gasteiger partial charge in [-0.3, -0.25) is 0 Å². The van der Waals surface area contributed by atoms with E-state index < -0.39 is 5.41 Å². The van der Waals surface area contributed by atoms with Gasteiger partial charge in [-0.15, -0.1) is 0 Å². The van der Waals surface area contributed by atoms with Crippen LogP contribution >= 0.6 is 0 Å². The molecule has 0 bridgehead atoms. The third-order valence-corrected chi connectivity index (χ3v) is 9.95. The molecule has 0 amide bonds. The Labute approximate surface area is 241 Å². The number of rotatable bonds is 1. The fraction of sp³-hybridized carbons (Fsp3) is 0.100. The number of hydrogen-bond donors (Lipinski definition) is 0. The van der Waals surface area contributed by atoms with Crippen LogP contribution in [-0.4, -0.2) is 14.1 Å². The van der Waals surface area contributed by atoms with Crippen molar-refractivity contribution in [3.05, 3.63) is 184 Å². The highest BCUT2D eigenvalue weighted by Crippen LogP contribution is 2.67. The molecule has 0 aliphatic heterocycles. The van der Waals surface area contributed by atoms with E-state index >= 15 is 0 Å². The van der Waals surface area contributed by atoms with Crippen LogP contribution in [0, 0.1) is 0 Å². The maximum absolute atomic E-state index is 2.41. The first kappa shape index (κ1) is 22.9. The second kappa shape index (κ2) is 7.86. The van der Waals surface area contributed by atoms with Crippen LogP contribution in [0.3, 0.4) is 0 Å². The van der Waals surface area contributed by atoms with Gasteiger partial charge in [-0.25, -0.2) is 0 Å². The Kier molecular flexibility index (Phi) is 4.39. The molecule has 41 heavy (non-hydrogen) atoms. The second-order valence-electron chi connectivity index (χ2n) is 11.8. The van der Waals surface area contributed by atoms with Crippen LogP contribution < -0.4 is 4.90 Å². The molecule has 0 radical (unpaired) electrons. The predicted molar refractivity (Wildman–Crippen MR) is 169 cm³/mol. The standard InChI is InChI=1S/C40H29N/c1-41(2)37-25-13-24-36-38(37)28-16-5-8-19-31(28)40(36)34-22-11-9-20-32(34)39(33-21-10-12-23-35(33)40)29-17-6-3-14-26(29)27-15-4-7-18-30(27)39/h3-25H,1-2H3. The van der Waals surface area contributed by atoms with Crippen LogP contribution in [0.25, 0.3) is 22.3 Å². The molecule has 194 valence electrons. The van der Waals surface area contributed by atoms with E-state index in [1.54, 1.807) is 0 Å². The zero-order valence-corrected chi connectivity index (χ0v) is 23.2. The highest BCUT2D eigenvalue weighted by Gasteiger charge is 2.59. The van der Waals surface area contributed by atoms with Crippen molar-refractivity contribution >= 4 is 5.69 Å². The first-order valence-corrected chi connectivity index (χ1v) is 14.5. The summed E-state index contributed by atoms with van der Waals surface area (Å²) in [6.07, 6.45) is 0. The van der Waals surface area contributed by atoms with Gasteiger partial charge in [-0.05, 0) is 67.3 Å². The lowest BCUT2D eigenvalue weighted by atomic mass is 9.52. The number of fused-ring (bicyclic) bond motifs is 16. The molecule has 1 nitrogen and oxygen atoms in total. The fourth-order valence-electron chi connectivity index (χ4n) is 8.64. The summed E-state index contributed by atoms with van der Waals surface area (Å²) < 4.78 is 0. The molecule has 2 spiro atoms. The molecule has 1 heteroatoms. The van der Waals surface area contributed by atoms with E-state index in [4.69, 9.17) is 0 Å². The molecule has 0 atom stereocenters. The predicted octanol–water partition coefficient (Wildman–Crippen LogP) is 8.79. The Balaban J connectivity index is 1.52. The molecule has 0 aromatic heterocycles. The highest BCUT2D eigenvalue weighted by atomic mass is 15.1. The summed E-state index contributed by atoms with van der Waals surface area (Å²) in [5.41, 5.74) is 16.9. The lowest BCUT2D eigenvalue weighted by molar-refractivity contribution is 0.633. The molecule has 0 N–H and O–H groups in total. The summed E-state index contributed by atoms with van der Waals surface area (Å²) in [4.78, 5) is 2.26. The SMILES string of the molecule is CN(C)c1cccc2c1-c1ccccc1C21c2ccccc2C2(c3ccccc3-c3ccccc32)c2ccccc21. The zero-order chi connectivity index (χ0) is 27.3. The minimum Gasteiger partial charge on any atom is -0.377 e. The second-order valence-corrected chi connectivity index (χ2v) is 11.8. The van der Waals surface area contributed by atoms with Gasteiger partial charge in [0.1, 0.15) is 0 Å². The van der Waals surface area contributed by atoms with Crippen LogP contribution in [-0.2, 0) is 10.8 Å². The topological polar surface area (TPSA) is 3.24 Å². The van der Waals surface area contributed by atoms with E-state index in [9.17, 15) is 0 Å². The van der Waals surface area contributed by atoms with Gasteiger partial charge in [0.25, 0.3) is 0 Å². The number of nitrogens with zero attached hydrogens (tertiary/aromatic N) is 1. The minimum atomic E-state index is -0.414. The molecule has 0 saturated carbocycles. The summed E-state index contributed by atoms with van der Waals surface area (Å²) in [5, 5.41) is 0. The maximum atomic E-state index is 2.41. The third kappa shape index (κ3) is 2.50.